The quantitative estimate of drug-likeness (QED) is 0.879. The Labute approximate surface area is 142 Å². The minimum absolute atomic E-state index is 0.141. The van der Waals surface area contributed by atoms with Crippen molar-refractivity contribution in [3.63, 3.8) is 0 Å². The monoisotopic (exact) mass is 323 g/mol. The van der Waals surface area contributed by atoms with Gasteiger partial charge in [0.05, 0.1) is 6.54 Å². The Morgan fingerprint density at radius 3 is 2.79 bits per heavy atom. The average molecular weight is 323 g/mol. The van der Waals surface area contributed by atoms with Crippen LogP contribution in [0.15, 0.2) is 48.5 Å². The van der Waals surface area contributed by atoms with Crippen LogP contribution in [0.2, 0.25) is 0 Å². The molecule has 1 unspecified atom stereocenters. The molecule has 124 valence electrons. The molecule has 2 aromatic carbocycles. The van der Waals surface area contributed by atoms with E-state index < -0.39 is 0 Å². The van der Waals surface area contributed by atoms with E-state index in [-0.39, 0.29) is 12.0 Å². The highest BCUT2D eigenvalue weighted by Gasteiger charge is 2.20. The van der Waals surface area contributed by atoms with Gasteiger partial charge < -0.3 is 14.8 Å². The van der Waals surface area contributed by atoms with Gasteiger partial charge in [-0.15, -0.1) is 0 Å². The molecule has 3 rings (SSSR count). The lowest BCUT2D eigenvalue weighted by molar-refractivity contribution is -0.116. The Morgan fingerprint density at radius 1 is 1.21 bits per heavy atom. The molecule has 0 saturated heterocycles. The van der Waals surface area contributed by atoms with Crippen molar-refractivity contribution in [2.24, 2.45) is 0 Å². The molecule has 2 aromatic rings. The number of aryl methyl sites for hydroxylation is 2. The van der Waals surface area contributed by atoms with Gasteiger partial charge in [-0.3, -0.25) is 4.79 Å². The highest BCUT2D eigenvalue weighted by Crippen LogP contribution is 2.30. The SMILES string of the molecule is Cc1ccc(C=CC(=O)NCC2COc3ccccc3O2)c(C)c1. The maximum absolute atomic E-state index is 12.0. The zero-order chi connectivity index (χ0) is 16.9. The first-order valence-corrected chi connectivity index (χ1v) is 8.03. The summed E-state index contributed by atoms with van der Waals surface area (Å²) in [5.41, 5.74) is 3.41. The van der Waals surface area contributed by atoms with E-state index in [2.05, 4.69) is 18.3 Å². The highest BCUT2D eigenvalue weighted by atomic mass is 16.6. The lowest BCUT2D eigenvalue weighted by atomic mass is 10.1. The fourth-order valence-electron chi connectivity index (χ4n) is 2.62. The van der Waals surface area contributed by atoms with Crippen molar-refractivity contribution in [3.05, 3.63) is 65.2 Å². The van der Waals surface area contributed by atoms with Crippen LogP contribution < -0.4 is 14.8 Å². The van der Waals surface area contributed by atoms with Crippen molar-refractivity contribution in [2.45, 2.75) is 20.0 Å². The molecule has 4 heteroatoms. The number of hydrogen-bond donors (Lipinski definition) is 1. The van der Waals surface area contributed by atoms with E-state index in [9.17, 15) is 4.79 Å². The molecule has 4 nitrogen and oxygen atoms in total. The molecule has 1 aliphatic heterocycles. The number of hydrogen-bond acceptors (Lipinski definition) is 3. The Kier molecular flexibility index (Phi) is 4.85. The standard InChI is InChI=1S/C20H21NO3/c1-14-7-8-16(15(2)11-14)9-10-20(22)21-12-17-13-23-18-5-3-4-6-19(18)24-17/h3-11,17H,12-13H2,1-2H3,(H,21,22). The Balaban J connectivity index is 1.52. The van der Waals surface area contributed by atoms with E-state index in [1.165, 1.54) is 5.56 Å². The molecule has 24 heavy (non-hydrogen) atoms. The molecule has 1 N–H and O–H groups in total. The molecular weight excluding hydrogens is 302 g/mol. The number of ether oxygens (including phenoxy) is 2. The number of amides is 1. The summed E-state index contributed by atoms with van der Waals surface area (Å²) in [5, 5.41) is 2.85. The minimum Gasteiger partial charge on any atom is -0.486 e. The van der Waals surface area contributed by atoms with Crippen molar-refractivity contribution in [1.82, 2.24) is 5.32 Å². The van der Waals surface area contributed by atoms with Gasteiger partial charge >= 0.3 is 0 Å². The fraction of sp³-hybridized carbons (Fsp3) is 0.250. The van der Waals surface area contributed by atoms with Crippen LogP contribution >= 0.6 is 0 Å². The Hall–Kier alpha value is -2.75. The van der Waals surface area contributed by atoms with Gasteiger partial charge in [0.15, 0.2) is 11.5 Å². The summed E-state index contributed by atoms with van der Waals surface area (Å²) >= 11 is 0. The van der Waals surface area contributed by atoms with Crippen LogP contribution in [0, 0.1) is 13.8 Å². The van der Waals surface area contributed by atoms with Crippen molar-refractivity contribution in [2.75, 3.05) is 13.2 Å². The first-order valence-electron chi connectivity index (χ1n) is 8.03. The van der Waals surface area contributed by atoms with Crippen LogP contribution in [-0.2, 0) is 4.79 Å². The topological polar surface area (TPSA) is 47.6 Å². The third-order valence-corrected chi connectivity index (χ3v) is 3.91. The number of carbonyl (C=O) groups excluding carboxylic acids is 1. The number of fused-ring (bicyclic) bond motifs is 1. The molecule has 0 aliphatic carbocycles. The zero-order valence-electron chi connectivity index (χ0n) is 13.9. The van der Waals surface area contributed by atoms with Gasteiger partial charge in [0.1, 0.15) is 12.7 Å². The molecule has 1 aliphatic rings. The van der Waals surface area contributed by atoms with Gasteiger partial charge in [0, 0.05) is 6.08 Å². The van der Waals surface area contributed by atoms with Gasteiger partial charge in [-0.2, -0.15) is 0 Å². The van der Waals surface area contributed by atoms with E-state index in [4.69, 9.17) is 9.47 Å². The number of rotatable bonds is 4. The number of para-hydroxylation sites is 2. The summed E-state index contributed by atoms with van der Waals surface area (Å²) in [6.07, 6.45) is 3.20. The van der Waals surface area contributed by atoms with E-state index >= 15 is 0 Å². The summed E-state index contributed by atoms with van der Waals surface area (Å²) in [5.74, 6) is 1.32. The minimum atomic E-state index is -0.182. The molecule has 0 bridgehead atoms. The molecule has 0 spiro atoms. The van der Waals surface area contributed by atoms with Crippen LogP contribution in [0.25, 0.3) is 6.08 Å². The zero-order valence-corrected chi connectivity index (χ0v) is 13.9. The predicted octanol–water partition coefficient (Wildman–Crippen LogP) is 3.27. The van der Waals surface area contributed by atoms with Crippen LogP contribution in [0.5, 0.6) is 11.5 Å². The largest absolute Gasteiger partial charge is 0.486 e. The first-order chi connectivity index (χ1) is 11.6. The lowest BCUT2D eigenvalue weighted by Gasteiger charge is -2.26. The van der Waals surface area contributed by atoms with Gasteiger partial charge in [-0.25, -0.2) is 0 Å². The van der Waals surface area contributed by atoms with Gasteiger partial charge in [-0.1, -0.05) is 35.9 Å². The van der Waals surface area contributed by atoms with Crippen molar-refractivity contribution in [1.29, 1.82) is 0 Å². The summed E-state index contributed by atoms with van der Waals surface area (Å²) in [7, 11) is 0. The Bertz CT molecular complexity index is 767. The van der Waals surface area contributed by atoms with Gasteiger partial charge in [0.25, 0.3) is 0 Å². The second-order valence-corrected chi connectivity index (χ2v) is 5.94. The normalized spacial score (nSPS) is 16.2. The summed E-state index contributed by atoms with van der Waals surface area (Å²) < 4.78 is 11.4. The molecule has 0 aromatic heterocycles. The highest BCUT2D eigenvalue weighted by molar-refractivity contribution is 5.91. The maximum atomic E-state index is 12.0. The molecule has 0 saturated carbocycles. The smallest absolute Gasteiger partial charge is 0.244 e. The van der Waals surface area contributed by atoms with Crippen LogP contribution in [0.4, 0.5) is 0 Å². The van der Waals surface area contributed by atoms with Crippen molar-refractivity contribution >= 4 is 12.0 Å². The van der Waals surface area contributed by atoms with E-state index in [0.29, 0.717) is 18.9 Å². The Morgan fingerprint density at radius 2 is 2.00 bits per heavy atom. The van der Waals surface area contributed by atoms with E-state index in [1.807, 2.05) is 49.4 Å². The second kappa shape index (κ2) is 7.21. The second-order valence-electron chi connectivity index (χ2n) is 5.94. The first kappa shape index (κ1) is 16.1. The summed E-state index contributed by atoms with van der Waals surface area (Å²) in [6.45, 7) is 4.93. The van der Waals surface area contributed by atoms with Gasteiger partial charge in [-0.05, 0) is 43.2 Å². The van der Waals surface area contributed by atoms with E-state index in [1.54, 1.807) is 6.08 Å². The van der Waals surface area contributed by atoms with Crippen molar-refractivity contribution < 1.29 is 14.3 Å². The third-order valence-electron chi connectivity index (χ3n) is 3.91. The van der Waals surface area contributed by atoms with Crippen LogP contribution in [0.3, 0.4) is 0 Å². The summed E-state index contributed by atoms with van der Waals surface area (Å²) in [6, 6.07) is 13.7. The number of nitrogens with one attached hydrogen (secondary N) is 1. The lowest BCUT2D eigenvalue weighted by Crippen LogP contribution is -2.40. The van der Waals surface area contributed by atoms with Crippen LogP contribution in [0.1, 0.15) is 16.7 Å². The summed E-state index contributed by atoms with van der Waals surface area (Å²) in [4.78, 5) is 12.0. The average Bonchev–Trinajstić information content (AvgIpc) is 2.59. The predicted molar refractivity (Wildman–Crippen MR) is 94.3 cm³/mol. The molecule has 1 heterocycles. The fourth-order valence-corrected chi connectivity index (χ4v) is 2.62. The molecule has 1 amide bonds. The molecular formula is C20H21NO3. The number of carbonyl (C=O) groups is 1. The van der Waals surface area contributed by atoms with E-state index in [0.717, 1.165) is 16.9 Å². The van der Waals surface area contributed by atoms with Gasteiger partial charge in [0.2, 0.25) is 5.91 Å². The number of benzene rings is 2. The van der Waals surface area contributed by atoms with Crippen molar-refractivity contribution in [3.8, 4) is 11.5 Å². The maximum Gasteiger partial charge on any atom is 0.244 e. The molecule has 1 atom stereocenters. The van der Waals surface area contributed by atoms with Crippen LogP contribution in [-0.4, -0.2) is 25.2 Å². The third kappa shape index (κ3) is 3.96. The molecule has 0 fully saturated rings. The molecule has 0 radical (unpaired) electrons.